The summed E-state index contributed by atoms with van der Waals surface area (Å²) >= 11 is 0. The Morgan fingerprint density at radius 3 is 2.69 bits per heavy atom. The monoisotopic (exact) mass is 207 g/mol. The zero-order valence-corrected chi connectivity index (χ0v) is 8.01. The largest absolute Gasteiger partial charge is 0.481 e. The van der Waals surface area contributed by atoms with Crippen LogP contribution in [0.5, 0.6) is 0 Å². The highest BCUT2D eigenvalue weighted by molar-refractivity contribution is 5.85. The molecular weight excluding hydrogens is 194 g/mol. The highest BCUT2D eigenvalue weighted by Gasteiger charge is 2.25. The summed E-state index contributed by atoms with van der Waals surface area (Å²) in [6, 6.07) is 0. The van der Waals surface area contributed by atoms with Crippen molar-refractivity contribution in [3.8, 4) is 0 Å². The standard InChI is InChI=1S/C7H13N3O2.ClH/c8-7(9)10-3-1-2-5(4-10)6(11)12;/h5H,1-4H2,(H3,8,9)(H,11,12);1H. The summed E-state index contributed by atoms with van der Waals surface area (Å²) < 4.78 is 0. The fraction of sp³-hybridized carbons (Fsp3) is 0.714. The molecule has 76 valence electrons. The van der Waals surface area contributed by atoms with Crippen LogP contribution in [0.2, 0.25) is 0 Å². The van der Waals surface area contributed by atoms with Crippen LogP contribution in [-0.4, -0.2) is 35.0 Å². The number of hydrogen-bond donors (Lipinski definition) is 3. The molecule has 5 nitrogen and oxygen atoms in total. The summed E-state index contributed by atoms with van der Waals surface area (Å²) in [5.74, 6) is -1.18. The van der Waals surface area contributed by atoms with E-state index in [4.69, 9.17) is 16.2 Å². The molecule has 0 aliphatic carbocycles. The van der Waals surface area contributed by atoms with Gasteiger partial charge in [-0.3, -0.25) is 10.2 Å². The van der Waals surface area contributed by atoms with Crippen LogP contribution < -0.4 is 5.73 Å². The van der Waals surface area contributed by atoms with Gasteiger partial charge in [-0.15, -0.1) is 12.4 Å². The molecule has 4 N–H and O–H groups in total. The molecule has 1 fully saturated rings. The van der Waals surface area contributed by atoms with Gasteiger partial charge in [0.25, 0.3) is 0 Å². The van der Waals surface area contributed by atoms with Gasteiger partial charge in [0.05, 0.1) is 5.92 Å². The molecule has 0 amide bonds. The Labute approximate surface area is 82.8 Å². The third kappa shape index (κ3) is 3.10. The molecule has 1 unspecified atom stereocenters. The molecule has 0 radical (unpaired) electrons. The first-order valence-corrected chi connectivity index (χ1v) is 3.93. The fourth-order valence-corrected chi connectivity index (χ4v) is 1.40. The molecule has 0 saturated carbocycles. The highest BCUT2D eigenvalue weighted by Crippen LogP contribution is 2.15. The molecule has 1 atom stereocenters. The van der Waals surface area contributed by atoms with Crippen molar-refractivity contribution in [1.29, 1.82) is 5.41 Å². The molecule has 6 heteroatoms. The van der Waals surface area contributed by atoms with Gasteiger partial charge < -0.3 is 15.7 Å². The number of carboxylic acids is 1. The topological polar surface area (TPSA) is 90.4 Å². The molecule has 0 aromatic carbocycles. The van der Waals surface area contributed by atoms with Crippen LogP contribution in [0.4, 0.5) is 0 Å². The zero-order valence-electron chi connectivity index (χ0n) is 7.19. The third-order valence-electron chi connectivity index (χ3n) is 2.11. The molecule has 1 saturated heterocycles. The minimum Gasteiger partial charge on any atom is -0.481 e. The van der Waals surface area contributed by atoms with Crippen LogP contribution in [0.1, 0.15) is 12.8 Å². The Morgan fingerprint density at radius 2 is 2.23 bits per heavy atom. The van der Waals surface area contributed by atoms with Crippen molar-refractivity contribution in [2.24, 2.45) is 11.7 Å². The lowest BCUT2D eigenvalue weighted by atomic mass is 9.99. The number of nitrogens with zero attached hydrogens (tertiary/aromatic N) is 1. The Bertz CT molecular complexity index is 190. The molecule has 1 rings (SSSR count). The van der Waals surface area contributed by atoms with Gasteiger partial charge in [0.15, 0.2) is 5.96 Å². The number of guanidine groups is 1. The lowest BCUT2D eigenvalue weighted by Crippen LogP contribution is -2.45. The minimum atomic E-state index is -0.791. The first kappa shape index (κ1) is 12.0. The number of nitrogens with one attached hydrogen (secondary N) is 1. The minimum absolute atomic E-state index is 0. The van der Waals surface area contributed by atoms with E-state index in [2.05, 4.69) is 0 Å². The van der Waals surface area contributed by atoms with Gasteiger partial charge in [0.1, 0.15) is 0 Å². The van der Waals surface area contributed by atoms with Crippen LogP contribution in [0.15, 0.2) is 0 Å². The Morgan fingerprint density at radius 1 is 1.62 bits per heavy atom. The maximum Gasteiger partial charge on any atom is 0.308 e. The van der Waals surface area contributed by atoms with Crippen molar-refractivity contribution in [2.75, 3.05) is 13.1 Å². The van der Waals surface area contributed by atoms with Crippen molar-refractivity contribution in [3.05, 3.63) is 0 Å². The predicted molar refractivity (Wildman–Crippen MR) is 51.1 cm³/mol. The van der Waals surface area contributed by atoms with Gasteiger partial charge in [-0.25, -0.2) is 0 Å². The van der Waals surface area contributed by atoms with Gasteiger partial charge in [-0.05, 0) is 12.8 Å². The second-order valence-electron chi connectivity index (χ2n) is 3.01. The van der Waals surface area contributed by atoms with E-state index in [9.17, 15) is 4.79 Å². The number of piperidine rings is 1. The van der Waals surface area contributed by atoms with E-state index in [0.717, 1.165) is 6.42 Å². The van der Waals surface area contributed by atoms with E-state index in [1.807, 2.05) is 0 Å². The number of halogens is 1. The molecule has 1 aliphatic rings. The summed E-state index contributed by atoms with van der Waals surface area (Å²) in [7, 11) is 0. The third-order valence-corrected chi connectivity index (χ3v) is 2.11. The molecular formula is C7H14ClN3O2. The Balaban J connectivity index is 0.00000144. The van der Waals surface area contributed by atoms with Crippen LogP contribution in [-0.2, 0) is 4.79 Å². The first-order chi connectivity index (χ1) is 5.61. The summed E-state index contributed by atoms with van der Waals surface area (Å²) in [4.78, 5) is 12.2. The van der Waals surface area contributed by atoms with Crippen LogP contribution in [0.25, 0.3) is 0 Å². The lowest BCUT2D eigenvalue weighted by molar-refractivity contribution is -0.143. The van der Waals surface area contributed by atoms with E-state index >= 15 is 0 Å². The maximum absolute atomic E-state index is 10.6. The summed E-state index contributed by atoms with van der Waals surface area (Å²) in [6.45, 7) is 1.09. The summed E-state index contributed by atoms with van der Waals surface area (Å²) in [5, 5.41) is 15.8. The van der Waals surface area contributed by atoms with Crippen molar-refractivity contribution < 1.29 is 9.90 Å². The average molecular weight is 208 g/mol. The Kier molecular flexibility index (Phi) is 4.55. The summed E-state index contributed by atoms with van der Waals surface area (Å²) in [5.41, 5.74) is 5.25. The predicted octanol–water partition coefficient (Wildman–Crippen LogP) is 0.0983. The second-order valence-corrected chi connectivity index (χ2v) is 3.01. The van der Waals surface area contributed by atoms with E-state index in [0.29, 0.717) is 19.5 Å². The van der Waals surface area contributed by atoms with Crippen molar-refractivity contribution in [1.82, 2.24) is 4.90 Å². The smallest absolute Gasteiger partial charge is 0.308 e. The number of nitrogens with two attached hydrogens (primary N) is 1. The molecule has 0 spiro atoms. The van der Waals surface area contributed by atoms with Crippen LogP contribution >= 0.6 is 12.4 Å². The molecule has 0 bridgehead atoms. The lowest BCUT2D eigenvalue weighted by Gasteiger charge is -2.30. The van der Waals surface area contributed by atoms with Gasteiger partial charge in [-0.2, -0.15) is 0 Å². The number of carboxylic acid groups (broad SMARTS) is 1. The van der Waals surface area contributed by atoms with Crippen molar-refractivity contribution in [2.45, 2.75) is 12.8 Å². The van der Waals surface area contributed by atoms with E-state index in [1.165, 1.54) is 0 Å². The average Bonchev–Trinajstić information content (AvgIpc) is 2.04. The van der Waals surface area contributed by atoms with Gasteiger partial charge >= 0.3 is 5.97 Å². The van der Waals surface area contributed by atoms with Gasteiger partial charge in [-0.1, -0.05) is 0 Å². The van der Waals surface area contributed by atoms with E-state index in [-0.39, 0.29) is 24.3 Å². The van der Waals surface area contributed by atoms with E-state index in [1.54, 1.807) is 4.90 Å². The van der Waals surface area contributed by atoms with Crippen molar-refractivity contribution in [3.63, 3.8) is 0 Å². The number of carbonyl (C=O) groups is 1. The van der Waals surface area contributed by atoms with E-state index < -0.39 is 5.97 Å². The molecule has 13 heavy (non-hydrogen) atoms. The SMILES string of the molecule is Cl.N=C(N)N1CCCC(C(=O)O)C1. The Hall–Kier alpha value is -0.970. The summed E-state index contributed by atoms with van der Waals surface area (Å²) in [6.07, 6.45) is 1.50. The number of rotatable bonds is 1. The molecule has 0 aromatic rings. The number of hydrogen-bond acceptors (Lipinski definition) is 2. The molecule has 1 aliphatic heterocycles. The van der Waals surface area contributed by atoms with Crippen LogP contribution in [0, 0.1) is 11.3 Å². The van der Waals surface area contributed by atoms with Crippen molar-refractivity contribution >= 4 is 24.3 Å². The second kappa shape index (κ2) is 4.91. The maximum atomic E-state index is 10.6. The van der Waals surface area contributed by atoms with Gasteiger partial charge in [0, 0.05) is 13.1 Å². The highest BCUT2D eigenvalue weighted by atomic mass is 35.5. The number of likely N-dealkylation sites (tertiary alicyclic amines) is 1. The molecule has 1 heterocycles. The fourth-order valence-electron chi connectivity index (χ4n) is 1.40. The molecule has 0 aromatic heterocycles. The zero-order chi connectivity index (χ0) is 9.14. The van der Waals surface area contributed by atoms with Gasteiger partial charge in [0.2, 0.25) is 0 Å². The number of aliphatic carboxylic acids is 1. The van der Waals surface area contributed by atoms with Crippen LogP contribution in [0.3, 0.4) is 0 Å². The first-order valence-electron chi connectivity index (χ1n) is 3.93. The quantitative estimate of drug-likeness (QED) is 0.420. The normalized spacial score (nSPS) is 21.8.